The third-order valence-electron chi connectivity index (χ3n) is 4.50. The zero-order chi connectivity index (χ0) is 21.8. The van der Waals surface area contributed by atoms with E-state index in [4.69, 9.17) is 33.3 Å². The second-order valence-electron chi connectivity index (χ2n) is 6.84. The lowest BCUT2D eigenvalue weighted by molar-refractivity contribution is -0.133. The first-order chi connectivity index (χ1) is 14.2. The lowest BCUT2D eigenvalue weighted by Gasteiger charge is -2.14. The lowest BCUT2D eigenvalue weighted by atomic mass is 10.0. The van der Waals surface area contributed by atoms with Crippen LogP contribution in [0.25, 0.3) is 0 Å². The third-order valence-corrected chi connectivity index (χ3v) is 5.33. The van der Waals surface area contributed by atoms with E-state index in [9.17, 15) is 9.90 Å². The van der Waals surface area contributed by atoms with Gasteiger partial charge in [0.1, 0.15) is 17.2 Å². The average Bonchev–Trinajstić information content (AvgIpc) is 2.70. The number of hydrogen-bond acceptors (Lipinski definition) is 4. The van der Waals surface area contributed by atoms with Gasteiger partial charge >= 0.3 is 5.97 Å². The number of hydrogen-bond donors (Lipinski definition) is 3. The second-order valence-corrected chi connectivity index (χ2v) is 7.66. The van der Waals surface area contributed by atoms with E-state index >= 15 is 0 Å². The van der Waals surface area contributed by atoms with Crippen LogP contribution in [0, 0.1) is 19.3 Å². The summed E-state index contributed by atoms with van der Waals surface area (Å²) in [7, 11) is 0. The quantitative estimate of drug-likeness (QED) is 0.487. The van der Waals surface area contributed by atoms with Crippen molar-refractivity contribution in [2.75, 3.05) is 0 Å². The number of nitrogens with one attached hydrogen (secondary N) is 2. The molecule has 154 valence electrons. The molecule has 7 heteroatoms. The summed E-state index contributed by atoms with van der Waals surface area (Å²) in [6.45, 7) is 4.12. The van der Waals surface area contributed by atoms with Crippen molar-refractivity contribution in [2.45, 2.75) is 20.4 Å². The number of carboxylic acid groups (broad SMARTS) is 1. The number of ether oxygens (including phenoxy) is 1. The summed E-state index contributed by atoms with van der Waals surface area (Å²) in [5, 5.41) is 21.5. The van der Waals surface area contributed by atoms with Crippen molar-refractivity contribution in [2.24, 2.45) is 0 Å². The van der Waals surface area contributed by atoms with Gasteiger partial charge < -0.3 is 20.6 Å². The van der Waals surface area contributed by atoms with Gasteiger partial charge in [-0.3, -0.25) is 0 Å². The number of rotatable bonds is 6. The van der Waals surface area contributed by atoms with Gasteiger partial charge in [0.25, 0.3) is 0 Å². The summed E-state index contributed by atoms with van der Waals surface area (Å²) in [5.41, 5.74) is 3.00. The van der Waals surface area contributed by atoms with Gasteiger partial charge in [0.15, 0.2) is 0 Å². The summed E-state index contributed by atoms with van der Waals surface area (Å²) >= 11 is 12.1. The van der Waals surface area contributed by atoms with Crippen molar-refractivity contribution in [3.05, 3.63) is 92.6 Å². The van der Waals surface area contributed by atoms with E-state index in [0.717, 1.165) is 21.7 Å². The Balaban J connectivity index is 1.72. The Bertz CT molecular complexity index is 1080. The zero-order valence-corrected chi connectivity index (χ0v) is 17.9. The summed E-state index contributed by atoms with van der Waals surface area (Å²) in [4.78, 5) is 11.7. The predicted octanol–water partition coefficient (Wildman–Crippen LogP) is 5.89. The van der Waals surface area contributed by atoms with Crippen LogP contribution in [0.2, 0.25) is 5.02 Å². The van der Waals surface area contributed by atoms with E-state index < -0.39 is 5.97 Å². The largest absolute Gasteiger partial charge is 0.477 e. The minimum atomic E-state index is -1.15. The summed E-state index contributed by atoms with van der Waals surface area (Å²) in [5.74, 6) is 0.204. The Morgan fingerprint density at radius 1 is 1.07 bits per heavy atom. The average molecular weight is 443 g/mol. The van der Waals surface area contributed by atoms with Crippen LogP contribution in [-0.4, -0.2) is 16.8 Å². The minimum Gasteiger partial charge on any atom is -0.477 e. The van der Waals surface area contributed by atoms with E-state index in [1.165, 1.54) is 12.2 Å². The molecule has 3 N–H and O–H groups in total. The van der Waals surface area contributed by atoms with Gasteiger partial charge in [-0.05, 0) is 73.0 Å². The Hall–Kier alpha value is -3.02. The molecule has 0 bridgehead atoms. The van der Waals surface area contributed by atoms with Crippen LogP contribution >= 0.6 is 23.2 Å². The van der Waals surface area contributed by atoms with Crippen molar-refractivity contribution in [3.8, 4) is 11.5 Å². The highest BCUT2D eigenvalue weighted by Gasteiger charge is 2.18. The first-order valence-corrected chi connectivity index (χ1v) is 9.89. The van der Waals surface area contributed by atoms with E-state index in [-0.39, 0.29) is 23.5 Å². The van der Waals surface area contributed by atoms with Gasteiger partial charge in [0.05, 0.1) is 5.71 Å². The van der Waals surface area contributed by atoms with Crippen molar-refractivity contribution < 1.29 is 14.6 Å². The maximum absolute atomic E-state index is 11.7. The zero-order valence-electron chi connectivity index (χ0n) is 16.4. The molecule has 30 heavy (non-hydrogen) atoms. The molecule has 2 aromatic rings. The molecule has 5 nitrogen and oxygen atoms in total. The Morgan fingerprint density at radius 3 is 2.30 bits per heavy atom. The molecule has 0 atom stereocenters. The fourth-order valence-electron chi connectivity index (χ4n) is 2.98. The number of allylic oxidation sites excluding steroid dienone is 5. The molecule has 1 aliphatic rings. The molecule has 3 rings (SSSR count). The molecule has 0 saturated carbocycles. The maximum Gasteiger partial charge on any atom is 0.352 e. The summed E-state index contributed by atoms with van der Waals surface area (Å²) < 4.78 is 5.89. The Morgan fingerprint density at radius 2 is 1.70 bits per heavy atom. The predicted molar refractivity (Wildman–Crippen MR) is 120 cm³/mol. The monoisotopic (exact) mass is 442 g/mol. The highest BCUT2D eigenvalue weighted by Crippen LogP contribution is 2.29. The number of aliphatic carboxylic acids is 1. The van der Waals surface area contributed by atoms with Gasteiger partial charge in [0.2, 0.25) is 0 Å². The van der Waals surface area contributed by atoms with Crippen LogP contribution in [0.5, 0.6) is 11.5 Å². The van der Waals surface area contributed by atoms with Crippen molar-refractivity contribution >= 4 is 34.9 Å². The number of carboxylic acids is 1. The van der Waals surface area contributed by atoms with Gasteiger partial charge in [0, 0.05) is 22.2 Å². The first kappa shape index (κ1) is 21.7. The van der Waals surface area contributed by atoms with Crippen LogP contribution in [0.15, 0.2) is 70.9 Å². The summed E-state index contributed by atoms with van der Waals surface area (Å²) in [6, 6.07) is 11.1. The van der Waals surface area contributed by atoms with Crippen LogP contribution in [0.3, 0.4) is 0 Å². The molecule has 0 fully saturated rings. The van der Waals surface area contributed by atoms with Crippen molar-refractivity contribution in [3.63, 3.8) is 0 Å². The van der Waals surface area contributed by atoms with Crippen molar-refractivity contribution in [1.82, 2.24) is 5.32 Å². The van der Waals surface area contributed by atoms with E-state index in [1.54, 1.807) is 6.08 Å². The molecule has 0 radical (unpaired) electrons. The number of halogens is 2. The van der Waals surface area contributed by atoms with Crippen molar-refractivity contribution in [1.29, 1.82) is 5.41 Å². The molecule has 0 aromatic heterocycles. The van der Waals surface area contributed by atoms with E-state index in [2.05, 4.69) is 5.32 Å². The molecular weight excluding hydrogens is 423 g/mol. The normalized spacial score (nSPS) is 14.9. The first-order valence-electron chi connectivity index (χ1n) is 9.14. The van der Waals surface area contributed by atoms with Gasteiger partial charge in [-0.15, -0.1) is 0 Å². The van der Waals surface area contributed by atoms with Crippen LogP contribution < -0.4 is 10.1 Å². The number of aryl methyl sites for hydroxylation is 2. The second kappa shape index (κ2) is 9.20. The molecule has 0 heterocycles. The smallest absolute Gasteiger partial charge is 0.352 e. The molecule has 0 spiro atoms. The number of carbonyl (C=O) groups is 1. The molecule has 2 aromatic carbocycles. The van der Waals surface area contributed by atoms with Crippen LogP contribution in [0.1, 0.15) is 16.7 Å². The SMILES string of the molecule is Cc1cc(Oc2ccc(CN/C(C(=O)O)=C3/C=C(Cl)C=CC3=N)cc2)cc(C)c1Cl. The van der Waals surface area contributed by atoms with Crippen LogP contribution in [-0.2, 0) is 11.3 Å². The molecule has 0 unspecified atom stereocenters. The molecule has 1 aliphatic carbocycles. The van der Waals surface area contributed by atoms with Gasteiger partial charge in [-0.1, -0.05) is 35.3 Å². The fraction of sp³-hybridized carbons (Fsp3) is 0.130. The minimum absolute atomic E-state index is 0.0741. The highest BCUT2D eigenvalue weighted by atomic mass is 35.5. The molecule has 0 aliphatic heterocycles. The summed E-state index contributed by atoms with van der Waals surface area (Å²) in [6.07, 6.45) is 4.48. The van der Waals surface area contributed by atoms with Crippen LogP contribution in [0.4, 0.5) is 0 Å². The topological polar surface area (TPSA) is 82.4 Å². The number of benzene rings is 2. The molecule has 0 saturated heterocycles. The third kappa shape index (κ3) is 5.12. The lowest BCUT2D eigenvalue weighted by Crippen LogP contribution is -2.24. The fourth-order valence-corrected chi connectivity index (χ4v) is 3.26. The maximum atomic E-state index is 11.7. The van der Waals surface area contributed by atoms with E-state index in [0.29, 0.717) is 16.5 Å². The molecule has 0 amide bonds. The Kier molecular flexibility index (Phi) is 6.65. The Labute approximate surface area is 184 Å². The van der Waals surface area contributed by atoms with Gasteiger partial charge in [-0.2, -0.15) is 0 Å². The van der Waals surface area contributed by atoms with Gasteiger partial charge in [-0.25, -0.2) is 4.79 Å². The molecular formula is C23H20Cl2N2O3. The van der Waals surface area contributed by atoms with E-state index in [1.807, 2.05) is 50.2 Å². The standard InChI is InChI=1S/C23H20Cl2N2O3/c1-13-9-18(10-14(2)21(13)25)30-17-6-3-15(4-7-17)12-27-22(23(28)29)19-11-16(24)5-8-20(19)26/h3-11,26-27H,12H2,1-2H3,(H,28,29)/b22-19-,26-20?. The highest BCUT2D eigenvalue weighted by molar-refractivity contribution is 6.33.